The molecular formula is C12H10FNO. The van der Waals surface area contributed by atoms with E-state index in [1.807, 2.05) is 0 Å². The van der Waals surface area contributed by atoms with Crippen molar-refractivity contribution >= 4 is 0 Å². The number of benzene rings is 1. The Labute approximate surface area is 87.0 Å². The Kier molecular flexibility index (Phi) is 2.63. The molecule has 0 saturated carbocycles. The zero-order valence-corrected chi connectivity index (χ0v) is 7.97. The van der Waals surface area contributed by atoms with Gasteiger partial charge in [0.05, 0.1) is 0 Å². The summed E-state index contributed by atoms with van der Waals surface area (Å²) in [6.45, 7) is 0. The van der Waals surface area contributed by atoms with Crippen molar-refractivity contribution in [1.82, 2.24) is 4.98 Å². The normalized spacial score (nSPS) is 12.3. The second kappa shape index (κ2) is 4.09. The summed E-state index contributed by atoms with van der Waals surface area (Å²) in [5, 5.41) is 9.23. The van der Waals surface area contributed by atoms with Gasteiger partial charge in [-0.2, -0.15) is 0 Å². The highest BCUT2D eigenvalue weighted by molar-refractivity contribution is 5.33. The number of phenols is 1. The van der Waals surface area contributed by atoms with Gasteiger partial charge in [0.15, 0.2) is 6.17 Å². The van der Waals surface area contributed by atoms with Crippen LogP contribution in [0.2, 0.25) is 0 Å². The van der Waals surface area contributed by atoms with E-state index < -0.39 is 6.17 Å². The van der Waals surface area contributed by atoms with Crippen molar-refractivity contribution < 1.29 is 9.50 Å². The molecule has 0 bridgehead atoms. The zero-order chi connectivity index (χ0) is 10.7. The molecule has 3 heteroatoms. The molecule has 0 aliphatic carbocycles. The highest BCUT2D eigenvalue weighted by atomic mass is 19.1. The molecule has 1 N–H and O–H groups in total. The topological polar surface area (TPSA) is 33.1 Å². The van der Waals surface area contributed by atoms with Crippen LogP contribution in [0.15, 0.2) is 48.8 Å². The minimum Gasteiger partial charge on any atom is -0.508 e. The molecule has 76 valence electrons. The molecule has 15 heavy (non-hydrogen) atoms. The van der Waals surface area contributed by atoms with Crippen molar-refractivity contribution in [2.75, 3.05) is 0 Å². The second-order valence-electron chi connectivity index (χ2n) is 3.24. The van der Waals surface area contributed by atoms with Gasteiger partial charge < -0.3 is 5.11 Å². The van der Waals surface area contributed by atoms with Crippen LogP contribution in [0.3, 0.4) is 0 Å². The van der Waals surface area contributed by atoms with Gasteiger partial charge in [-0.05, 0) is 35.4 Å². The van der Waals surface area contributed by atoms with Gasteiger partial charge in [0.1, 0.15) is 5.75 Å². The molecule has 0 aliphatic heterocycles. The first-order valence-electron chi connectivity index (χ1n) is 4.60. The Bertz CT molecular complexity index is 444. The number of hydrogen-bond acceptors (Lipinski definition) is 2. The van der Waals surface area contributed by atoms with Crippen LogP contribution in [0.25, 0.3) is 0 Å². The first-order valence-corrected chi connectivity index (χ1v) is 4.60. The van der Waals surface area contributed by atoms with E-state index in [9.17, 15) is 9.50 Å². The molecule has 0 radical (unpaired) electrons. The van der Waals surface area contributed by atoms with Crippen LogP contribution in [0.1, 0.15) is 17.3 Å². The number of phenolic OH excluding ortho intramolecular Hbond substituents is 1. The van der Waals surface area contributed by atoms with Crippen molar-refractivity contribution in [3.63, 3.8) is 0 Å². The summed E-state index contributed by atoms with van der Waals surface area (Å²) >= 11 is 0. The average Bonchev–Trinajstić information content (AvgIpc) is 2.29. The van der Waals surface area contributed by atoms with Gasteiger partial charge in [-0.15, -0.1) is 0 Å². The lowest BCUT2D eigenvalue weighted by Gasteiger charge is -2.08. The summed E-state index contributed by atoms with van der Waals surface area (Å²) in [6, 6.07) is 9.44. The lowest BCUT2D eigenvalue weighted by molar-refractivity contribution is 0.398. The van der Waals surface area contributed by atoms with Crippen LogP contribution in [0, 0.1) is 0 Å². The van der Waals surface area contributed by atoms with E-state index in [1.54, 1.807) is 36.7 Å². The Hall–Kier alpha value is -1.90. The standard InChI is InChI=1S/C12H10FNO/c13-12(9-4-6-14-7-5-9)10-2-1-3-11(15)8-10/h1-8,12,15H. The molecule has 1 aromatic carbocycles. The fourth-order valence-corrected chi connectivity index (χ4v) is 1.41. The summed E-state index contributed by atoms with van der Waals surface area (Å²) < 4.78 is 13.9. The van der Waals surface area contributed by atoms with E-state index in [-0.39, 0.29) is 5.75 Å². The highest BCUT2D eigenvalue weighted by Gasteiger charge is 2.12. The monoisotopic (exact) mass is 203 g/mol. The van der Waals surface area contributed by atoms with Crippen molar-refractivity contribution in [1.29, 1.82) is 0 Å². The number of aromatic hydroxyl groups is 1. The third-order valence-electron chi connectivity index (χ3n) is 2.16. The Morgan fingerprint density at radius 2 is 1.80 bits per heavy atom. The van der Waals surface area contributed by atoms with E-state index in [4.69, 9.17) is 0 Å². The molecule has 0 saturated heterocycles. The first kappa shape index (κ1) is 9.65. The van der Waals surface area contributed by atoms with Gasteiger partial charge in [-0.1, -0.05) is 12.1 Å². The summed E-state index contributed by atoms with van der Waals surface area (Å²) in [5.74, 6) is 0.0733. The fourth-order valence-electron chi connectivity index (χ4n) is 1.41. The molecule has 1 heterocycles. The second-order valence-corrected chi connectivity index (χ2v) is 3.24. The highest BCUT2D eigenvalue weighted by Crippen LogP contribution is 2.27. The minimum absolute atomic E-state index is 0.0733. The molecule has 0 amide bonds. The molecule has 0 spiro atoms. The van der Waals surface area contributed by atoms with Crippen LogP contribution in [0.4, 0.5) is 4.39 Å². The molecule has 0 aliphatic rings. The summed E-state index contributed by atoms with van der Waals surface area (Å²) in [7, 11) is 0. The van der Waals surface area contributed by atoms with Crippen molar-refractivity contribution in [2.45, 2.75) is 6.17 Å². The number of rotatable bonds is 2. The fraction of sp³-hybridized carbons (Fsp3) is 0.0833. The minimum atomic E-state index is -1.22. The Morgan fingerprint density at radius 3 is 2.47 bits per heavy atom. The first-order chi connectivity index (χ1) is 7.27. The molecule has 2 nitrogen and oxygen atoms in total. The molecule has 0 fully saturated rings. The maximum absolute atomic E-state index is 13.9. The number of hydrogen-bond donors (Lipinski definition) is 1. The molecule has 1 unspecified atom stereocenters. The molecule has 2 rings (SSSR count). The number of aromatic nitrogens is 1. The van der Waals surface area contributed by atoms with Gasteiger partial charge in [0.2, 0.25) is 0 Å². The van der Waals surface area contributed by atoms with Gasteiger partial charge in [-0.25, -0.2) is 4.39 Å². The summed E-state index contributed by atoms with van der Waals surface area (Å²) in [6.07, 6.45) is 1.87. The molecular weight excluding hydrogens is 193 g/mol. The molecule has 1 atom stereocenters. The quantitative estimate of drug-likeness (QED) is 0.814. The lowest BCUT2D eigenvalue weighted by atomic mass is 10.0. The van der Waals surface area contributed by atoms with E-state index in [1.165, 1.54) is 12.1 Å². The van der Waals surface area contributed by atoms with Crippen molar-refractivity contribution in [2.24, 2.45) is 0 Å². The zero-order valence-electron chi connectivity index (χ0n) is 7.97. The van der Waals surface area contributed by atoms with Crippen LogP contribution in [0.5, 0.6) is 5.75 Å². The summed E-state index contributed by atoms with van der Waals surface area (Å²) in [4.78, 5) is 3.82. The summed E-state index contributed by atoms with van der Waals surface area (Å²) in [5.41, 5.74) is 0.983. The molecule has 1 aromatic heterocycles. The van der Waals surface area contributed by atoms with Gasteiger partial charge >= 0.3 is 0 Å². The maximum atomic E-state index is 13.9. The van der Waals surface area contributed by atoms with E-state index >= 15 is 0 Å². The van der Waals surface area contributed by atoms with E-state index in [0.717, 1.165) is 0 Å². The SMILES string of the molecule is Oc1cccc(C(F)c2ccncc2)c1. The van der Waals surface area contributed by atoms with Gasteiger partial charge in [-0.3, -0.25) is 4.98 Å². The van der Waals surface area contributed by atoms with Crippen molar-refractivity contribution in [3.8, 4) is 5.75 Å². The van der Waals surface area contributed by atoms with Crippen molar-refractivity contribution in [3.05, 3.63) is 59.9 Å². The van der Waals surface area contributed by atoms with E-state index in [2.05, 4.69) is 4.98 Å². The average molecular weight is 203 g/mol. The maximum Gasteiger partial charge on any atom is 0.150 e. The third kappa shape index (κ3) is 2.13. The van der Waals surface area contributed by atoms with Crippen LogP contribution < -0.4 is 0 Å². The number of nitrogens with zero attached hydrogens (tertiary/aromatic N) is 1. The lowest BCUT2D eigenvalue weighted by Crippen LogP contribution is -1.93. The Morgan fingerprint density at radius 1 is 1.07 bits per heavy atom. The smallest absolute Gasteiger partial charge is 0.150 e. The van der Waals surface area contributed by atoms with Gasteiger partial charge in [0, 0.05) is 12.4 Å². The van der Waals surface area contributed by atoms with Crippen LogP contribution >= 0.6 is 0 Å². The number of halogens is 1. The Balaban J connectivity index is 2.32. The van der Waals surface area contributed by atoms with Crippen LogP contribution in [-0.4, -0.2) is 10.1 Å². The van der Waals surface area contributed by atoms with Gasteiger partial charge in [0.25, 0.3) is 0 Å². The number of alkyl halides is 1. The van der Waals surface area contributed by atoms with E-state index in [0.29, 0.717) is 11.1 Å². The largest absolute Gasteiger partial charge is 0.508 e. The predicted octanol–water partition coefficient (Wildman–Crippen LogP) is 2.85. The molecule has 2 aromatic rings. The third-order valence-corrected chi connectivity index (χ3v) is 2.16. The number of pyridine rings is 1. The predicted molar refractivity (Wildman–Crippen MR) is 55.3 cm³/mol. The van der Waals surface area contributed by atoms with Crippen LogP contribution in [-0.2, 0) is 0 Å².